The minimum atomic E-state index is -0.900. The molecule has 0 saturated heterocycles. The van der Waals surface area contributed by atoms with Gasteiger partial charge in [0, 0.05) is 12.6 Å². The lowest BCUT2D eigenvalue weighted by Crippen LogP contribution is -2.06. The molecule has 0 amide bonds. The first-order chi connectivity index (χ1) is 7.00. The highest BCUT2D eigenvalue weighted by Gasteiger charge is 2.12. The van der Waals surface area contributed by atoms with E-state index in [4.69, 9.17) is 9.84 Å². The lowest BCUT2D eigenvalue weighted by atomic mass is 10.2. The van der Waals surface area contributed by atoms with Crippen LogP contribution in [0.1, 0.15) is 12.5 Å². The van der Waals surface area contributed by atoms with Gasteiger partial charge in [-0.05, 0) is 12.5 Å². The van der Waals surface area contributed by atoms with Gasteiger partial charge in [-0.1, -0.05) is 6.58 Å². The number of aryl methyl sites for hydroxylation is 1. The minimum Gasteiger partial charge on any atom is -0.481 e. The van der Waals surface area contributed by atoms with Gasteiger partial charge in [0.05, 0.1) is 12.6 Å². The van der Waals surface area contributed by atoms with Crippen LogP contribution in [0, 0.1) is 0 Å². The maximum atomic E-state index is 10.6. The summed E-state index contributed by atoms with van der Waals surface area (Å²) in [6, 6.07) is 0. The highest BCUT2D eigenvalue weighted by Crippen LogP contribution is 2.18. The van der Waals surface area contributed by atoms with E-state index in [-0.39, 0.29) is 6.42 Å². The van der Waals surface area contributed by atoms with Crippen molar-refractivity contribution in [2.24, 2.45) is 7.05 Å². The molecule has 0 unspecified atom stereocenters. The van der Waals surface area contributed by atoms with E-state index >= 15 is 0 Å². The van der Waals surface area contributed by atoms with Gasteiger partial charge in [-0.3, -0.25) is 4.79 Å². The highest BCUT2D eigenvalue weighted by atomic mass is 16.5. The highest BCUT2D eigenvalue weighted by molar-refractivity contribution is 5.70. The minimum absolute atomic E-state index is 0.0840. The molecule has 0 bridgehead atoms. The summed E-state index contributed by atoms with van der Waals surface area (Å²) in [5, 5.41) is 12.6. The van der Waals surface area contributed by atoms with Gasteiger partial charge in [-0.15, -0.1) is 0 Å². The second kappa shape index (κ2) is 4.63. The first kappa shape index (κ1) is 11.3. The third-order valence-corrected chi connectivity index (χ3v) is 1.75. The molecule has 1 N–H and O–H groups in total. The van der Waals surface area contributed by atoms with Gasteiger partial charge in [0.15, 0.2) is 0 Å². The molecule has 0 atom stereocenters. The molecule has 0 saturated carbocycles. The lowest BCUT2D eigenvalue weighted by molar-refractivity contribution is -0.136. The van der Waals surface area contributed by atoms with Crippen LogP contribution in [0.25, 0.3) is 0 Å². The molecule has 0 spiro atoms. The molecule has 0 aliphatic rings. The molecular weight excluding hydrogens is 196 g/mol. The van der Waals surface area contributed by atoms with Crippen molar-refractivity contribution >= 4 is 5.97 Å². The molecule has 1 heterocycles. The number of rotatable bonds is 5. The zero-order chi connectivity index (χ0) is 11.4. The quantitative estimate of drug-likeness (QED) is 0.736. The summed E-state index contributed by atoms with van der Waals surface area (Å²) in [6.07, 6.45) is 1.42. The average Bonchev–Trinajstić information content (AvgIpc) is 2.43. The van der Waals surface area contributed by atoms with Crippen LogP contribution in [0.5, 0.6) is 5.88 Å². The van der Waals surface area contributed by atoms with E-state index in [1.807, 2.05) is 6.92 Å². The Morgan fingerprint density at radius 1 is 1.73 bits per heavy atom. The molecular formula is C10H14N2O3. The Bertz CT molecular complexity index is 382. The molecule has 15 heavy (non-hydrogen) atoms. The van der Waals surface area contributed by atoms with Gasteiger partial charge in [-0.25, -0.2) is 4.68 Å². The van der Waals surface area contributed by atoms with Crippen LogP contribution in [-0.4, -0.2) is 27.5 Å². The Morgan fingerprint density at radius 2 is 2.40 bits per heavy atom. The lowest BCUT2D eigenvalue weighted by Gasteiger charge is -2.07. The Kier molecular flexibility index (Phi) is 3.49. The van der Waals surface area contributed by atoms with Crippen molar-refractivity contribution in [3.05, 3.63) is 23.9 Å². The first-order valence-corrected chi connectivity index (χ1v) is 4.50. The SMILES string of the molecule is C=C(C)COc1c(CC(=O)O)cnn1C. The molecule has 82 valence electrons. The number of ether oxygens (including phenoxy) is 1. The van der Waals surface area contributed by atoms with Crippen molar-refractivity contribution in [1.82, 2.24) is 9.78 Å². The van der Waals surface area contributed by atoms with Crippen molar-refractivity contribution in [2.45, 2.75) is 13.3 Å². The largest absolute Gasteiger partial charge is 0.481 e. The molecule has 1 aromatic rings. The molecule has 5 heteroatoms. The molecule has 0 aromatic carbocycles. The van der Waals surface area contributed by atoms with E-state index in [9.17, 15) is 4.79 Å². The number of nitrogens with zero attached hydrogens (tertiary/aromatic N) is 2. The van der Waals surface area contributed by atoms with Gasteiger partial charge in [0.2, 0.25) is 5.88 Å². The fourth-order valence-corrected chi connectivity index (χ4v) is 1.13. The number of hydrogen-bond donors (Lipinski definition) is 1. The Balaban J connectivity index is 2.79. The van der Waals surface area contributed by atoms with Gasteiger partial charge < -0.3 is 9.84 Å². The molecule has 0 aliphatic heterocycles. The van der Waals surface area contributed by atoms with Crippen LogP contribution < -0.4 is 4.74 Å². The molecule has 0 fully saturated rings. The molecule has 1 aromatic heterocycles. The molecule has 0 aliphatic carbocycles. The monoisotopic (exact) mass is 210 g/mol. The average molecular weight is 210 g/mol. The normalized spacial score (nSPS) is 10.0. The number of carbonyl (C=O) groups is 1. The number of aliphatic carboxylic acids is 1. The first-order valence-electron chi connectivity index (χ1n) is 4.50. The van der Waals surface area contributed by atoms with Crippen LogP contribution in [-0.2, 0) is 18.3 Å². The van der Waals surface area contributed by atoms with Crippen LogP contribution in [0.2, 0.25) is 0 Å². The van der Waals surface area contributed by atoms with Crippen LogP contribution >= 0.6 is 0 Å². The maximum Gasteiger partial charge on any atom is 0.308 e. The number of carboxylic acid groups (broad SMARTS) is 1. The zero-order valence-electron chi connectivity index (χ0n) is 8.86. The summed E-state index contributed by atoms with van der Waals surface area (Å²) in [7, 11) is 1.71. The van der Waals surface area contributed by atoms with Crippen LogP contribution in [0.4, 0.5) is 0 Å². The smallest absolute Gasteiger partial charge is 0.308 e. The van der Waals surface area contributed by atoms with E-state index in [1.54, 1.807) is 7.05 Å². The fraction of sp³-hybridized carbons (Fsp3) is 0.400. The Hall–Kier alpha value is -1.78. The van der Waals surface area contributed by atoms with E-state index < -0.39 is 5.97 Å². The predicted molar refractivity (Wildman–Crippen MR) is 54.9 cm³/mol. The van der Waals surface area contributed by atoms with Crippen molar-refractivity contribution in [2.75, 3.05) is 6.61 Å². The number of carboxylic acids is 1. The van der Waals surface area contributed by atoms with Crippen molar-refractivity contribution in [3.8, 4) is 5.88 Å². The van der Waals surface area contributed by atoms with E-state index in [1.165, 1.54) is 10.9 Å². The van der Waals surface area contributed by atoms with Gasteiger partial charge in [0.25, 0.3) is 0 Å². The number of aromatic nitrogens is 2. The summed E-state index contributed by atoms with van der Waals surface area (Å²) < 4.78 is 6.92. The summed E-state index contributed by atoms with van der Waals surface area (Å²) in [6.45, 7) is 5.91. The topological polar surface area (TPSA) is 64.3 Å². The van der Waals surface area contributed by atoms with Gasteiger partial charge in [-0.2, -0.15) is 5.10 Å². The zero-order valence-corrected chi connectivity index (χ0v) is 8.86. The molecule has 5 nitrogen and oxygen atoms in total. The number of hydrogen-bond acceptors (Lipinski definition) is 3. The van der Waals surface area contributed by atoms with E-state index in [0.717, 1.165) is 5.57 Å². The summed E-state index contributed by atoms with van der Waals surface area (Å²) in [5.74, 6) is -0.413. The summed E-state index contributed by atoms with van der Waals surface area (Å²) in [4.78, 5) is 10.6. The maximum absolute atomic E-state index is 10.6. The molecule has 1 rings (SSSR count). The predicted octanol–water partition coefficient (Wildman–Crippen LogP) is 1.00. The summed E-state index contributed by atoms with van der Waals surface area (Å²) in [5.41, 5.74) is 1.45. The fourth-order valence-electron chi connectivity index (χ4n) is 1.13. The summed E-state index contributed by atoms with van der Waals surface area (Å²) >= 11 is 0. The van der Waals surface area contributed by atoms with Crippen molar-refractivity contribution in [3.63, 3.8) is 0 Å². The van der Waals surface area contributed by atoms with Crippen molar-refractivity contribution in [1.29, 1.82) is 0 Å². The Labute approximate surface area is 88.0 Å². The van der Waals surface area contributed by atoms with Gasteiger partial charge >= 0.3 is 5.97 Å². The van der Waals surface area contributed by atoms with Gasteiger partial charge in [0.1, 0.15) is 6.61 Å². The van der Waals surface area contributed by atoms with E-state index in [0.29, 0.717) is 18.1 Å². The molecule has 0 radical (unpaired) electrons. The van der Waals surface area contributed by atoms with E-state index in [2.05, 4.69) is 11.7 Å². The van der Waals surface area contributed by atoms with Crippen molar-refractivity contribution < 1.29 is 14.6 Å². The second-order valence-corrected chi connectivity index (χ2v) is 3.41. The second-order valence-electron chi connectivity index (χ2n) is 3.41. The van der Waals surface area contributed by atoms with Crippen LogP contribution in [0.3, 0.4) is 0 Å². The van der Waals surface area contributed by atoms with Crippen LogP contribution in [0.15, 0.2) is 18.3 Å². The third kappa shape index (κ3) is 3.12. The Morgan fingerprint density at radius 3 is 2.93 bits per heavy atom. The third-order valence-electron chi connectivity index (χ3n) is 1.75. The standard InChI is InChI=1S/C10H14N2O3/c1-7(2)6-15-10-8(4-9(13)14)5-11-12(10)3/h5H,1,4,6H2,2-3H3,(H,13,14).